The lowest BCUT2D eigenvalue weighted by atomic mass is 10.3. The van der Waals surface area contributed by atoms with Crippen LogP contribution in [-0.2, 0) is 11.2 Å². The molecule has 0 N–H and O–H groups in total. The molecule has 0 aliphatic carbocycles. The fourth-order valence-electron chi connectivity index (χ4n) is 1.37. The largest absolute Gasteiger partial charge is 0.303 e. The van der Waals surface area contributed by atoms with Gasteiger partial charge >= 0.3 is 0 Å². The Morgan fingerprint density at radius 1 is 1.50 bits per heavy atom. The first kappa shape index (κ1) is 8.87. The van der Waals surface area contributed by atoms with Crippen molar-refractivity contribution in [2.75, 3.05) is 0 Å². The number of hydrogen-bond donors (Lipinski definition) is 0. The van der Waals surface area contributed by atoms with Gasteiger partial charge in [-0.15, -0.1) is 0 Å². The highest BCUT2D eigenvalue weighted by Crippen LogP contribution is 2.09. The fourth-order valence-corrected chi connectivity index (χ4v) is 1.37. The molecule has 0 saturated carbocycles. The van der Waals surface area contributed by atoms with Crippen LogP contribution in [0.25, 0.3) is 5.65 Å². The Balaban J connectivity index is 2.64. The van der Waals surface area contributed by atoms with Crippen LogP contribution in [0.15, 0.2) is 12.3 Å². The molecule has 2 aromatic rings. The Kier molecular flexibility index (Phi) is 2.04. The van der Waals surface area contributed by atoms with Gasteiger partial charge < -0.3 is 4.79 Å². The van der Waals surface area contributed by atoms with Crippen LogP contribution < -0.4 is 0 Å². The molecule has 0 aromatic carbocycles. The molecule has 2 heterocycles. The maximum Gasteiger partial charge on any atom is 0.155 e. The zero-order valence-corrected chi connectivity index (χ0v) is 8.19. The van der Waals surface area contributed by atoms with Crippen LogP contribution in [0.1, 0.15) is 17.0 Å². The van der Waals surface area contributed by atoms with Gasteiger partial charge in [-0.2, -0.15) is 5.10 Å². The molecule has 2 rings (SSSR count). The Hall–Kier alpha value is -1.71. The predicted octanol–water partition coefficient (Wildman–Crippen LogP) is 1.09. The summed E-state index contributed by atoms with van der Waals surface area (Å²) in [6, 6.07) is 1.83. The minimum atomic E-state index is 0.349. The number of aromatic nitrogens is 3. The van der Waals surface area contributed by atoms with Crippen molar-refractivity contribution in [3.63, 3.8) is 0 Å². The topological polar surface area (TPSA) is 47.3 Å². The molecule has 0 aliphatic rings. The summed E-state index contributed by atoms with van der Waals surface area (Å²) in [5.41, 5.74) is 3.72. The third kappa shape index (κ3) is 1.28. The molecule has 0 aliphatic heterocycles. The third-order valence-electron chi connectivity index (χ3n) is 2.31. The van der Waals surface area contributed by atoms with Crippen LogP contribution in [-0.4, -0.2) is 20.9 Å². The summed E-state index contributed by atoms with van der Waals surface area (Å²) in [7, 11) is 0. The van der Waals surface area contributed by atoms with E-state index in [1.54, 1.807) is 4.52 Å². The average Bonchev–Trinajstić information content (AvgIpc) is 2.56. The number of carbonyl (C=O) groups is 1. The standard InChI is InChI=1S/C10H11N3O/c1-7-6-11-10-5-9(3-4-14)12-13(10)8(7)2/h4-6H,3H2,1-2H3. The number of aryl methyl sites for hydroxylation is 2. The molecule has 4 nitrogen and oxygen atoms in total. The lowest BCUT2D eigenvalue weighted by molar-refractivity contribution is -0.107. The van der Waals surface area contributed by atoms with Gasteiger partial charge in [-0.1, -0.05) is 0 Å². The van der Waals surface area contributed by atoms with Crippen LogP contribution in [0.3, 0.4) is 0 Å². The second-order valence-electron chi connectivity index (χ2n) is 3.30. The van der Waals surface area contributed by atoms with Gasteiger partial charge in [0.05, 0.1) is 5.69 Å². The monoisotopic (exact) mass is 189 g/mol. The van der Waals surface area contributed by atoms with E-state index in [0.29, 0.717) is 6.42 Å². The molecule has 4 heteroatoms. The van der Waals surface area contributed by atoms with Crippen LogP contribution in [0.5, 0.6) is 0 Å². The van der Waals surface area contributed by atoms with Gasteiger partial charge in [0, 0.05) is 24.4 Å². The molecule has 0 radical (unpaired) electrons. The van der Waals surface area contributed by atoms with Gasteiger partial charge in [-0.05, 0) is 19.4 Å². The van der Waals surface area contributed by atoms with Gasteiger partial charge in [0.15, 0.2) is 5.65 Å². The van der Waals surface area contributed by atoms with Crippen LogP contribution in [0.4, 0.5) is 0 Å². The van der Waals surface area contributed by atoms with E-state index < -0.39 is 0 Å². The van der Waals surface area contributed by atoms with Crippen molar-refractivity contribution in [1.82, 2.24) is 14.6 Å². The van der Waals surface area contributed by atoms with E-state index in [4.69, 9.17) is 0 Å². The van der Waals surface area contributed by atoms with Crippen LogP contribution in [0.2, 0.25) is 0 Å². The molecule has 0 saturated heterocycles. The highest BCUT2D eigenvalue weighted by Gasteiger charge is 2.05. The molecule has 2 aromatic heterocycles. The minimum absolute atomic E-state index is 0.349. The highest BCUT2D eigenvalue weighted by atomic mass is 16.1. The summed E-state index contributed by atoms with van der Waals surface area (Å²) in [6.45, 7) is 3.98. The van der Waals surface area contributed by atoms with Crippen molar-refractivity contribution >= 4 is 11.9 Å². The first-order valence-corrected chi connectivity index (χ1v) is 4.47. The number of fused-ring (bicyclic) bond motifs is 1. The van der Waals surface area contributed by atoms with Gasteiger partial charge in [0.1, 0.15) is 6.29 Å². The molecule has 0 spiro atoms. The maximum atomic E-state index is 10.3. The summed E-state index contributed by atoms with van der Waals surface area (Å²) in [6.07, 6.45) is 3.02. The maximum absolute atomic E-state index is 10.3. The summed E-state index contributed by atoms with van der Waals surface area (Å²) >= 11 is 0. The number of carbonyl (C=O) groups excluding carboxylic acids is 1. The Morgan fingerprint density at radius 2 is 2.29 bits per heavy atom. The Morgan fingerprint density at radius 3 is 3.00 bits per heavy atom. The number of aldehydes is 1. The first-order valence-electron chi connectivity index (χ1n) is 4.47. The molecule has 0 amide bonds. The van der Waals surface area contributed by atoms with E-state index >= 15 is 0 Å². The number of nitrogens with zero attached hydrogens (tertiary/aromatic N) is 3. The van der Waals surface area contributed by atoms with E-state index in [1.165, 1.54) is 0 Å². The third-order valence-corrected chi connectivity index (χ3v) is 2.31. The van der Waals surface area contributed by atoms with Crippen molar-refractivity contribution in [2.45, 2.75) is 20.3 Å². The lowest BCUT2D eigenvalue weighted by Crippen LogP contribution is -1.98. The molecule has 72 valence electrons. The quantitative estimate of drug-likeness (QED) is 0.664. The van der Waals surface area contributed by atoms with E-state index in [-0.39, 0.29) is 0 Å². The average molecular weight is 189 g/mol. The Bertz CT molecular complexity index is 487. The smallest absolute Gasteiger partial charge is 0.155 e. The molecule has 0 unspecified atom stereocenters. The first-order chi connectivity index (χ1) is 6.72. The van der Waals surface area contributed by atoms with Gasteiger partial charge in [0.25, 0.3) is 0 Å². The Labute approximate surface area is 81.6 Å². The predicted molar refractivity (Wildman–Crippen MR) is 52.2 cm³/mol. The molecule has 14 heavy (non-hydrogen) atoms. The molecule has 0 fully saturated rings. The zero-order valence-electron chi connectivity index (χ0n) is 8.19. The van der Waals surface area contributed by atoms with E-state index in [2.05, 4.69) is 10.1 Å². The van der Waals surface area contributed by atoms with Crippen molar-refractivity contribution in [1.29, 1.82) is 0 Å². The van der Waals surface area contributed by atoms with Crippen LogP contribution in [0, 0.1) is 13.8 Å². The SMILES string of the molecule is Cc1cnc2cc(CC=O)nn2c1C. The lowest BCUT2D eigenvalue weighted by Gasteiger charge is -2.00. The van der Waals surface area contributed by atoms with Crippen molar-refractivity contribution in [3.8, 4) is 0 Å². The molecular weight excluding hydrogens is 178 g/mol. The summed E-state index contributed by atoms with van der Waals surface area (Å²) < 4.78 is 1.77. The van der Waals surface area contributed by atoms with E-state index in [0.717, 1.165) is 28.9 Å². The number of hydrogen-bond acceptors (Lipinski definition) is 3. The van der Waals surface area contributed by atoms with E-state index in [1.807, 2.05) is 26.1 Å². The summed E-state index contributed by atoms with van der Waals surface area (Å²) in [5, 5.41) is 4.29. The van der Waals surface area contributed by atoms with Crippen molar-refractivity contribution in [3.05, 3.63) is 29.2 Å². The van der Waals surface area contributed by atoms with Crippen LogP contribution >= 0.6 is 0 Å². The van der Waals surface area contributed by atoms with Gasteiger partial charge in [0.2, 0.25) is 0 Å². The summed E-state index contributed by atoms with van der Waals surface area (Å²) in [4.78, 5) is 14.6. The van der Waals surface area contributed by atoms with Crippen molar-refractivity contribution < 1.29 is 4.79 Å². The fraction of sp³-hybridized carbons (Fsp3) is 0.300. The minimum Gasteiger partial charge on any atom is -0.303 e. The molecule has 0 bridgehead atoms. The molecular formula is C10H11N3O. The zero-order chi connectivity index (χ0) is 10.1. The molecule has 0 atom stereocenters. The second-order valence-corrected chi connectivity index (χ2v) is 3.30. The summed E-state index contributed by atoms with van der Waals surface area (Å²) in [5.74, 6) is 0. The normalized spacial score (nSPS) is 10.7. The number of rotatable bonds is 2. The van der Waals surface area contributed by atoms with E-state index in [9.17, 15) is 4.79 Å². The second kappa shape index (κ2) is 3.21. The van der Waals surface area contributed by atoms with Gasteiger partial charge in [-0.25, -0.2) is 9.50 Å². The highest BCUT2D eigenvalue weighted by molar-refractivity contribution is 5.55. The van der Waals surface area contributed by atoms with Crippen molar-refractivity contribution in [2.24, 2.45) is 0 Å². The van der Waals surface area contributed by atoms with Gasteiger partial charge in [-0.3, -0.25) is 0 Å².